The van der Waals surface area contributed by atoms with E-state index in [4.69, 9.17) is 10.5 Å². The van der Waals surface area contributed by atoms with E-state index in [-0.39, 0.29) is 23.7 Å². The Balaban J connectivity index is 1.88. The molecule has 5 nitrogen and oxygen atoms in total. The summed E-state index contributed by atoms with van der Waals surface area (Å²) in [4.78, 5) is 17.6. The number of anilines is 1. The minimum Gasteiger partial charge on any atom is -0.493 e. The SMILES string of the molecule is Nc1cc(=O)[nH]c(SCCOc2cccc(C(F)(F)F)c2)n1. The minimum absolute atomic E-state index is 0.102. The molecule has 1 aromatic heterocycles. The lowest BCUT2D eigenvalue weighted by Gasteiger charge is -2.10. The predicted molar refractivity (Wildman–Crippen MR) is 76.9 cm³/mol. The molecule has 0 aliphatic carbocycles. The van der Waals surface area contributed by atoms with E-state index in [0.29, 0.717) is 10.9 Å². The number of alkyl halides is 3. The minimum atomic E-state index is -4.40. The monoisotopic (exact) mass is 331 g/mol. The van der Waals surface area contributed by atoms with Gasteiger partial charge in [-0.25, -0.2) is 4.98 Å². The highest BCUT2D eigenvalue weighted by atomic mass is 32.2. The fourth-order valence-corrected chi connectivity index (χ4v) is 2.28. The van der Waals surface area contributed by atoms with Crippen molar-refractivity contribution in [3.63, 3.8) is 0 Å². The van der Waals surface area contributed by atoms with Gasteiger partial charge in [0.2, 0.25) is 0 Å². The number of benzene rings is 1. The largest absolute Gasteiger partial charge is 0.493 e. The van der Waals surface area contributed by atoms with Gasteiger partial charge in [-0.2, -0.15) is 13.2 Å². The van der Waals surface area contributed by atoms with E-state index in [1.807, 2.05) is 0 Å². The van der Waals surface area contributed by atoms with E-state index in [0.717, 1.165) is 18.2 Å². The molecule has 9 heteroatoms. The van der Waals surface area contributed by atoms with E-state index in [9.17, 15) is 18.0 Å². The van der Waals surface area contributed by atoms with Crippen molar-refractivity contribution in [3.8, 4) is 5.75 Å². The van der Waals surface area contributed by atoms with Gasteiger partial charge in [0.25, 0.3) is 5.56 Å². The first-order valence-corrected chi connectivity index (χ1v) is 7.13. The number of nitrogen functional groups attached to an aromatic ring is 1. The molecular weight excluding hydrogens is 319 g/mol. The number of aromatic nitrogens is 2. The molecule has 0 fully saturated rings. The summed E-state index contributed by atoms with van der Waals surface area (Å²) in [7, 11) is 0. The van der Waals surface area contributed by atoms with Gasteiger partial charge in [0, 0.05) is 11.8 Å². The van der Waals surface area contributed by atoms with E-state index < -0.39 is 11.7 Å². The highest BCUT2D eigenvalue weighted by molar-refractivity contribution is 7.99. The van der Waals surface area contributed by atoms with Gasteiger partial charge in [-0.15, -0.1) is 0 Å². The fourth-order valence-electron chi connectivity index (χ4n) is 1.58. The number of nitrogens with one attached hydrogen (secondary N) is 1. The number of ether oxygens (including phenoxy) is 1. The summed E-state index contributed by atoms with van der Waals surface area (Å²) >= 11 is 1.18. The molecule has 0 saturated heterocycles. The number of rotatable bonds is 5. The third kappa shape index (κ3) is 4.69. The topological polar surface area (TPSA) is 81.0 Å². The van der Waals surface area contributed by atoms with Crippen LogP contribution in [0.15, 0.2) is 40.3 Å². The lowest BCUT2D eigenvalue weighted by atomic mass is 10.2. The van der Waals surface area contributed by atoms with Crippen molar-refractivity contribution >= 4 is 17.6 Å². The van der Waals surface area contributed by atoms with Gasteiger partial charge in [0.15, 0.2) is 5.16 Å². The summed E-state index contributed by atoms with van der Waals surface area (Å²) in [6.45, 7) is 0.157. The second kappa shape index (κ2) is 6.73. The molecule has 0 amide bonds. The van der Waals surface area contributed by atoms with E-state index >= 15 is 0 Å². The van der Waals surface area contributed by atoms with Gasteiger partial charge < -0.3 is 15.5 Å². The number of aromatic amines is 1. The first-order valence-electron chi connectivity index (χ1n) is 6.14. The Bertz CT molecular complexity index is 703. The van der Waals surface area contributed by atoms with E-state index in [2.05, 4.69) is 9.97 Å². The van der Waals surface area contributed by atoms with Crippen LogP contribution in [0.4, 0.5) is 19.0 Å². The Morgan fingerprint density at radius 2 is 2.09 bits per heavy atom. The zero-order valence-corrected chi connectivity index (χ0v) is 12.0. The molecule has 3 N–H and O–H groups in total. The van der Waals surface area contributed by atoms with Crippen molar-refractivity contribution < 1.29 is 17.9 Å². The van der Waals surface area contributed by atoms with Crippen molar-refractivity contribution in [1.29, 1.82) is 0 Å². The highest BCUT2D eigenvalue weighted by Crippen LogP contribution is 2.31. The molecular formula is C13H12F3N3O2S. The summed E-state index contributed by atoms with van der Waals surface area (Å²) in [5.74, 6) is 0.623. The van der Waals surface area contributed by atoms with Gasteiger partial charge >= 0.3 is 6.18 Å². The zero-order chi connectivity index (χ0) is 16.2. The smallest absolute Gasteiger partial charge is 0.416 e. The predicted octanol–water partition coefficient (Wildman–Crippen LogP) is 2.54. The van der Waals surface area contributed by atoms with Crippen molar-refractivity contribution in [3.05, 3.63) is 46.2 Å². The second-order valence-corrected chi connectivity index (χ2v) is 5.28. The Labute approximate surface area is 127 Å². The molecule has 0 bridgehead atoms. The summed E-state index contributed by atoms with van der Waals surface area (Å²) in [5, 5.41) is 0.331. The van der Waals surface area contributed by atoms with Gasteiger partial charge in [-0.05, 0) is 18.2 Å². The zero-order valence-electron chi connectivity index (χ0n) is 11.2. The van der Waals surface area contributed by atoms with Gasteiger partial charge in [-0.1, -0.05) is 17.8 Å². The van der Waals surface area contributed by atoms with Crippen molar-refractivity contribution in [2.45, 2.75) is 11.3 Å². The maximum atomic E-state index is 12.5. The molecule has 118 valence electrons. The molecule has 2 aromatic rings. The standard InChI is InChI=1S/C13H12F3N3O2S/c14-13(15,16)8-2-1-3-9(6-8)21-4-5-22-12-18-10(17)7-11(20)19-12/h1-3,6-7H,4-5H2,(H3,17,18,19,20). The summed E-state index contributed by atoms with van der Waals surface area (Å²) in [6.07, 6.45) is -4.40. The van der Waals surface area contributed by atoms with Crippen LogP contribution in [0.5, 0.6) is 5.75 Å². The van der Waals surface area contributed by atoms with Gasteiger partial charge in [0.05, 0.1) is 12.2 Å². The van der Waals surface area contributed by atoms with E-state index in [1.54, 1.807) is 0 Å². The molecule has 0 aliphatic heterocycles. The number of halogens is 3. The fraction of sp³-hybridized carbons (Fsp3) is 0.231. The van der Waals surface area contributed by atoms with Crippen LogP contribution in [0.25, 0.3) is 0 Å². The normalized spacial score (nSPS) is 11.4. The molecule has 1 aromatic carbocycles. The molecule has 0 atom stereocenters. The van der Waals surface area contributed by atoms with Crippen LogP contribution in [0.1, 0.15) is 5.56 Å². The van der Waals surface area contributed by atoms with Crippen LogP contribution in [-0.2, 0) is 6.18 Å². The number of hydrogen-bond donors (Lipinski definition) is 2. The van der Waals surface area contributed by atoms with Crippen LogP contribution in [0, 0.1) is 0 Å². The Morgan fingerprint density at radius 3 is 2.77 bits per heavy atom. The van der Waals surface area contributed by atoms with Gasteiger partial charge in [0.1, 0.15) is 11.6 Å². The van der Waals surface area contributed by atoms with Gasteiger partial charge in [-0.3, -0.25) is 4.79 Å². The number of H-pyrrole nitrogens is 1. The lowest BCUT2D eigenvalue weighted by Crippen LogP contribution is -2.10. The van der Waals surface area contributed by atoms with Crippen LogP contribution in [0.3, 0.4) is 0 Å². The first-order chi connectivity index (χ1) is 10.3. The van der Waals surface area contributed by atoms with E-state index in [1.165, 1.54) is 23.9 Å². The van der Waals surface area contributed by atoms with Crippen LogP contribution in [0.2, 0.25) is 0 Å². The number of nitrogens with two attached hydrogens (primary N) is 1. The van der Waals surface area contributed by atoms with Crippen LogP contribution in [-0.4, -0.2) is 22.3 Å². The van der Waals surface area contributed by atoms with Crippen LogP contribution < -0.4 is 16.0 Å². The summed E-state index contributed by atoms with van der Waals surface area (Å²) in [5.41, 5.74) is 4.30. The first kappa shape index (κ1) is 16.2. The molecule has 1 heterocycles. The Hall–Kier alpha value is -2.16. The Kier molecular flexibility index (Phi) is 4.96. The Morgan fingerprint density at radius 1 is 1.32 bits per heavy atom. The summed E-state index contributed by atoms with van der Waals surface area (Å²) in [6, 6.07) is 5.79. The van der Waals surface area contributed by atoms with Crippen molar-refractivity contribution in [2.75, 3.05) is 18.1 Å². The molecule has 0 aliphatic rings. The average Bonchev–Trinajstić information content (AvgIpc) is 2.42. The quantitative estimate of drug-likeness (QED) is 0.500. The lowest BCUT2D eigenvalue weighted by molar-refractivity contribution is -0.137. The second-order valence-electron chi connectivity index (χ2n) is 4.20. The summed E-state index contributed by atoms with van der Waals surface area (Å²) < 4.78 is 42.9. The maximum Gasteiger partial charge on any atom is 0.416 e. The molecule has 0 spiro atoms. The van der Waals surface area contributed by atoms with Crippen molar-refractivity contribution in [1.82, 2.24) is 9.97 Å². The average molecular weight is 331 g/mol. The molecule has 0 radical (unpaired) electrons. The number of hydrogen-bond acceptors (Lipinski definition) is 5. The van der Waals surface area contributed by atoms with Crippen molar-refractivity contribution in [2.24, 2.45) is 0 Å². The third-order valence-corrected chi connectivity index (χ3v) is 3.33. The third-order valence-electron chi connectivity index (χ3n) is 2.49. The maximum absolute atomic E-state index is 12.5. The molecule has 2 rings (SSSR count). The highest BCUT2D eigenvalue weighted by Gasteiger charge is 2.30. The molecule has 0 saturated carbocycles. The molecule has 0 unspecified atom stereocenters. The number of thioether (sulfide) groups is 1. The number of nitrogens with zero attached hydrogens (tertiary/aromatic N) is 1. The van der Waals surface area contributed by atoms with Crippen LogP contribution >= 0.6 is 11.8 Å². The molecule has 22 heavy (non-hydrogen) atoms.